The van der Waals surface area contributed by atoms with Gasteiger partial charge in [0.05, 0.1) is 6.04 Å². The molecule has 3 N–H and O–H groups in total. The molecule has 1 aromatic carbocycles. The number of hydrazine groups is 1. The summed E-state index contributed by atoms with van der Waals surface area (Å²) in [6.45, 7) is 0. The summed E-state index contributed by atoms with van der Waals surface area (Å²) in [7, 11) is 0. The average Bonchev–Trinajstić information content (AvgIpc) is 2.34. The molecule has 1 aromatic rings. The zero-order chi connectivity index (χ0) is 12.3. The quantitative estimate of drug-likeness (QED) is 0.629. The van der Waals surface area contributed by atoms with Crippen molar-refractivity contribution in [2.75, 3.05) is 0 Å². The second-order valence-electron chi connectivity index (χ2n) is 4.71. The normalized spacial score (nSPS) is 19.2. The molecule has 0 amide bonds. The summed E-state index contributed by atoms with van der Waals surface area (Å²) < 4.78 is 26.6. The predicted octanol–water partition coefficient (Wildman–Crippen LogP) is 3.05. The Morgan fingerprint density at radius 3 is 2.47 bits per heavy atom. The van der Waals surface area contributed by atoms with Gasteiger partial charge in [0.1, 0.15) is 11.6 Å². The van der Waals surface area contributed by atoms with Crippen LogP contribution in [0.25, 0.3) is 0 Å². The molecule has 1 aliphatic carbocycles. The smallest absolute Gasteiger partial charge is 0.130 e. The number of nitrogens with one attached hydrogen (secondary N) is 1. The van der Waals surface area contributed by atoms with Crippen LogP contribution in [0.3, 0.4) is 0 Å². The molecule has 17 heavy (non-hydrogen) atoms. The van der Waals surface area contributed by atoms with Gasteiger partial charge in [0, 0.05) is 11.6 Å². The van der Waals surface area contributed by atoms with Gasteiger partial charge in [-0.1, -0.05) is 25.3 Å². The number of halogens is 2. The number of rotatable bonds is 3. The summed E-state index contributed by atoms with van der Waals surface area (Å²) in [4.78, 5) is 0. The summed E-state index contributed by atoms with van der Waals surface area (Å²) in [5, 5.41) is 0. The van der Waals surface area contributed by atoms with Crippen molar-refractivity contribution in [3.63, 3.8) is 0 Å². The topological polar surface area (TPSA) is 38.0 Å². The molecule has 1 fully saturated rings. The fourth-order valence-electron chi connectivity index (χ4n) is 2.70. The first-order chi connectivity index (χ1) is 8.22. The van der Waals surface area contributed by atoms with E-state index in [0.717, 1.165) is 31.7 Å². The van der Waals surface area contributed by atoms with E-state index in [0.29, 0.717) is 11.5 Å². The van der Waals surface area contributed by atoms with E-state index in [9.17, 15) is 8.78 Å². The van der Waals surface area contributed by atoms with Crippen molar-refractivity contribution in [3.05, 3.63) is 35.4 Å². The van der Waals surface area contributed by atoms with Gasteiger partial charge in [-0.15, -0.1) is 0 Å². The van der Waals surface area contributed by atoms with Gasteiger partial charge in [0.15, 0.2) is 0 Å². The highest BCUT2D eigenvalue weighted by Crippen LogP contribution is 2.34. The third kappa shape index (κ3) is 2.82. The number of hydrogen-bond acceptors (Lipinski definition) is 2. The van der Waals surface area contributed by atoms with Crippen LogP contribution >= 0.6 is 0 Å². The van der Waals surface area contributed by atoms with E-state index in [1.807, 2.05) is 0 Å². The molecule has 2 nitrogen and oxygen atoms in total. The Balaban J connectivity index is 2.21. The van der Waals surface area contributed by atoms with Crippen molar-refractivity contribution in [1.82, 2.24) is 5.43 Å². The lowest BCUT2D eigenvalue weighted by atomic mass is 9.81. The second kappa shape index (κ2) is 5.56. The van der Waals surface area contributed by atoms with E-state index in [1.165, 1.54) is 18.6 Å². The number of hydrogen-bond donors (Lipinski definition) is 2. The number of nitrogens with two attached hydrogens (primary N) is 1. The lowest BCUT2D eigenvalue weighted by Gasteiger charge is -2.30. The van der Waals surface area contributed by atoms with Crippen LogP contribution in [0, 0.1) is 17.6 Å². The molecular formula is C13H18F2N2. The molecule has 1 saturated carbocycles. The van der Waals surface area contributed by atoms with Crippen molar-refractivity contribution < 1.29 is 8.78 Å². The summed E-state index contributed by atoms with van der Waals surface area (Å²) in [5.41, 5.74) is 3.16. The van der Waals surface area contributed by atoms with Crippen molar-refractivity contribution in [1.29, 1.82) is 0 Å². The van der Waals surface area contributed by atoms with Crippen LogP contribution in [0.1, 0.15) is 43.7 Å². The molecule has 0 aliphatic heterocycles. The highest BCUT2D eigenvalue weighted by Gasteiger charge is 2.26. The van der Waals surface area contributed by atoms with Crippen LogP contribution in [-0.4, -0.2) is 0 Å². The largest absolute Gasteiger partial charge is 0.271 e. The highest BCUT2D eigenvalue weighted by molar-refractivity contribution is 5.22. The van der Waals surface area contributed by atoms with Gasteiger partial charge in [-0.05, 0) is 24.8 Å². The first kappa shape index (κ1) is 12.5. The summed E-state index contributed by atoms with van der Waals surface area (Å²) in [6, 6.07) is 3.48. The first-order valence-corrected chi connectivity index (χ1v) is 6.13. The maximum atomic E-state index is 13.7. The number of benzene rings is 1. The van der Waals surface area contributed by atoms with E-state index in [4.69, 9.17) is 5.84 Å². The van der Waals surface area contributed by atoms with Crippen LogP contribution in [0.5, 0.6) is 0 Å². The molecule has 1 atom stereocenters. The lowest BCUT2D eigenvalue weighted by molar-refractivity contribution is 0.268. The highest BCUT2D eigenvalue weighted by atomic mass is 19.1. The predicted molar refractivity (Wildman–Crippen MR) is 63.0 cm³/mol. The Morgan fingerprint density at radius 1 is 1.18 bits per heavy atom. The van der Waals surface area contributed by atoms with Crippen LogP contribution in [0.2, 0.25) is 0 Å². The molecule has 0 spiro atoms. The molecule has 0 bridgehead atoms. The minimum atomic E-state index is -0.550. The Labute approximate surface area is 100 Å². The molecule has 0 radical (unpaired) electrons. The fourth-order valence-corrected chi connectivity index (χ4v) is 2.70. The van der Waals surface area contributed by atoms with E-state index in [-0.39, 0.29) is 6.04 Å². The van der Waals surface area contributed by atoms with Crippen molar-refractivity contribution in [2.24, 2.45) is 11.8 Å². The zero-order valence-electron chi connectivity index (χ0n) is 9.76. The summed E-state index contributed by atoms with van der Waals surface area (Å²) in [5.74, 6) is 4.81. The monoisotopic (exact) mass is 240 g/mol. The van der Waals surface area contributed by atoms with Crippen molar-refractivity contribution >= 4 is 0 Å². The van der Waals surface area contributed by atoms with Gasteiger partial charge in [-0.3, -0.25) is 11.3 Å². The lowest BCUT2D eigenvalue weighted by Crippen LogP contribution is -2.35. The molecule has 1 aliphatic rings. The van der Waals surface area contributed by atoms with Crippen LogP contribution in [-0.2, 0) is 0 Å². The Morgan fingerprint density at radius 2 is 1.88 bits per heavy atom. The van der Waals surface area contributed by atoms with Gasteiger partial charge in [-0.2, -0.15) is 0 Å². The van der Waals surface area contributed by atoms with E-state index in [1.54, 1.807) is 0 Å². The third-order valence-electron chi connectivity index (χ3n) is 3.60. The Bertz CT molecular complexity index is 376. The standard InChI is InChI=1S/C13H18F2N2/c14-10-6-7-11(12(15)8-10)13(17-16)9-4-2-1-3-5-9/h6-9,13,17H,1-5,16H2. The molecule has 0 heterocycles. The average molecular weight is 240 g/mol. The van der Waals surface area contributed by atoms with Gasteiger partial charge in [-0.25, -0.2) is 8.78 Å². The van der Waals surface area contributed by atoms with E-state index < -0.39 is 11.6 Å². The second-order valence-corrected chi connectivity index (χ2v) is 4.71. The van der Waals surface area contributed by atoms with Crippen molar-refractivity contribution in [3.8, 4) is 0 Å². The Kier molecular flexibility index (Phi) is 4.07. The molecule has 0 saturated heterocycles. The molecule has 1 unspecified atom stereocenters. The maximum absolute atomic E-state index is 13.7. The molecule has 4 heteroatoms. The zero-order valence-corrected chi connectivity index (χ0v) is 9.76. The van der Waals surface area contributed by atoms with Gasteiger partial charge >= 0.3 is 0 Å². The van der Waals surface area contributed by atoms with Crippen LogP contribution < -0.4 is 11.3 Å². The third-order valence-corrected chi connectivity index (χ3v) is 3.60. The van der Waals surface area contributed by atoms with Crippen LogP contribution in [0.15, 0.2) is 18.2 Å². The fraction of sp³-hybridized carbons (Fsp3) is 0.538. The van der Waals surface area contributed by atoms with Gasteiger partial charge in [0.2, 0.25) is 0 Å². The van der Waals surface area contributed by atoms with Crippen LogP contribution in [0.4, 0.5) is 8.78 Å². The van der Waals surface area contributed by atoms with E-state index >= 15 is 0 Å². The minimum absolute atomic E-state index is 0.212. The van der Waals surface area contributed by atoms with Crippen molar-refractivity contribution in [2.45, 2.75) is 38.1 Å². The molecular weight excluding hydrogens is 222 g/mol. The first-order valence-electron chi connectivity index (χ1n) is 6.13. The summed E-state index contributed by atoms with van der Waals surface area (Å²) in [6.07, 6.45) is 5.65. The van der Waals surface area contributed by atoms with Gasteiger partial charge in [0.25, 0.3) is 0 Å². The summed E-state index contributed by atoms with van der Waals surface area (Å²) >= 11 is 0. The van der Waals surface area contributed by atoms with E-state index in [2.05, 4.69) is 5.43 Å². The molecule has 0 aromatic heterocycles. The maximum Gasteiger partial charge on any atom is 0.130 e. The Hall–Kier alpha value is -1.00. The molecule has 94 valence electrons. The minimum Gasteiger partial charge on any atom is -0.271 e. The SMILES string of the molecule is NNC(c1ccc(F)cc1F)C1CCCCC1. The van der Waals surface area contributed by atoms with Gasteiger partial charge < -0.3 is 0 Å². The molecule has 2 rings (SSSR count).